The second kappa shape index (κ2) is 6.63. The van der Waals surface area contributed by atoms with E-state index in [4.69, 9.17) is 0 Å². The van der Waals surface area contributed by atoms with E-state index in [0.29, 0.717) is 0 Å². The van der Waals surface area contributed by atoms with E-state index >= 15 is 0 Å². The number of rotatable bonds is 4. The topological polar surface area (TPSA) is 12.0 Å². The Hall–Kier alpha value is -0.470. The molecular weight excluding hydrogens is 238 g/mol. The van der Waals surface area contributed by atoms with E-state index < -0.39 is 0 Å². The lowest BCUT2D eigenvalue weighted by molar-refractivity contribution is 0.387. The number of aryl methyl sites for hydroxylation is 2. The third-order valence-corrected chi connectivity index (χ3v) is 5.22. The van der Waals surface area contributed by atoms with Crippen LogP contribution in [-0.2, 0) is 0 Å². The van der Waals surface area contributed by atoms with Gasteiger partial charge in [0.1, 0.15) is 0 Å². The number of benzene rings is 1. The molecule has 0 amide bonds. The second-order valence-corrected chi connectivity index (χ2v) is 6.77. The molecule has 0 heterocycles. The number of thioether (sulfide) groups is 1. The highest BCUT2D eigenvalue weighted by Gasteiger charge is 2.22. The Balaban J connectivity index is 1.96. The predicted molar refractivity (Wildman–Crippen MR) is 81.5 cm³/mol. The van der Waals surface area contributed by atoms with E-state index in [-0.39, 0.29) is 0 Å². The maximum atomic E-state index is 3.61. The summed E-state index contributed by atoms with van der Waals surface area (Å²) in [6, 6.07) is 7.58. The van der Waals surface area contributed by atoms with Crippen molar-refractivity contribution in [3.05, 3.63) is 29.3 Å². The molecule has 1 aliphatic rings. The van der Waals surface area contributed by atoms with Gasteiger partial charge in [0, 0.05) is 16.2 Å². The van der Waals surface area contributed by atoms with E-state index in [9.17, 15) is 0 Å². The lowest BCUT2D eigenvalue weighted by atomic mass is 9.95. The first-order chi connectivity index (χ1) is 8.69. The quantitative estimate of drug-likeness (QED) is 0.868. The number of hydrogen-bond donors (Lipinski definition) is 1. The van der Waals surface area contributed by atoms with Gasteiger partial charge in [0.05, 0.1) is 0 Å². The zero-order valence-corrected chi connectivity index (χ0v) is 12.6. The Morgan fingerprint density at radius 2 is 2.11 bits per heavy atom. The van der Waals surface area contributed by atoms with Crippen molar-refractivity contribution in [1.82, 2.24) is 5.32 Å². The summed E-state index contributed by atoms with van der Waals surface area (Å²) in [6.45, 7) is 7.72. The molecule has 1 aromatic rings. The maximum absolute atomic E-state index is 3.61. The van der Waals surface area contributed by atoms with E-state index in [1.807, 2.05) is 0 Å². The van der Waals surface area contributed by atoms with Gasteiger partial charge in [-0.1, -0.05) is 31.0 Å². The molecule has 2 atom stereocenters. The summed E-state index contributed by atoms with van der Waals surface area (Å²) in [5.41, 5.74) is 2.80. The van der Waals surface area contributed by atoms with Gasteiger partial charge >= 0.3 is 0 Å². The smallest absolute Gasteiger partial charge is 0.0109 e. The van der Waals surface area contributed by atoms with E-state index in [1.165, 1.54) is 41.7 Å². The normalized spacial score (nSPS) is 24.2. The fourth-order valence-corrected chi connectivity index (χ4v) is 4.20. The van der Waals surface area contributed by atoms with Crippen LogP contribution in [0.5, 0.6) is 0 Å². The molecule has 2 heteroatoms. The minimum Gasteiger partial charge on any atom is -0.314 e. The molecule has 1 aromatic carbocycles. The van der Waals surface area contributed by atoms with Crippen molar-refractivity contribution in [2.45, 2.75) is 62.6 Å². The summed E-state index contributed by atoms with van der Waals surface area (Å²) >= 11 is 2.09. The van der Waals surface area contributed by atoms with Crippen molar-refractivity contribution in [3.63, 3.8) is 0 Å². The van der Waals surface area contributed by atoms with Gasteiger partial charge in [-0.2, -0.15) is 0 Å². The van der Waals surface area contributed by atoms with Gasteiger partial charge < -0.3 is 5.32 Å². The Kier molecular flexibility index (Phi) is 5.13. The molecule has 0 aromatic heterocycles. The van der Waals surface area contributed by atoms with Crippen LogP contribution in [0.25, 0.3) is 0 Å². The van der Waals surface area contributed by atoms with Crippen LogP contribution in [0.3, 0.4) is 0 Å². The first kappa shape index (κ1) is 14.0. The van der Waals surface area contributed by atoms with Gasteiger partial charge in [-0.15, -0.1) is 11.8 Å². The Morgan fingerprint density at radius 1 is 1.28 bits per heavy atom. The molecule has 0 spiro atoms. The van der Waals surface area contributed by atoms with Crippen LogP contribution in [0.2, 0.25) is 0 Å². The highest BCUT2D eigenvalue weighted by molar-refractivity contribution is 8.00. The Bertz CT molecular complexity index is 387. The molecule has 0 radical (unpaired) electrons. The largest absolute Gasteiger partial charge is 0.314 e. The molecule has 100 valence electrons. The van der Waals surface area contributed by atoms with Crippen molar-refractivity contribution in [1.29, 1.82) is 0 Å². The number of nitrogens with one attached hydrogen (secondary N) is 1. The summed E-state index contributed by atoms with van der Waals surface area (Å²) < 4.78 is 0. The summed E-state index contributed by atoms with van der Waals surface area (Å²) in [5, 5.41) is 4.41. The third-order valence-electron chi connectivity index (χ3n) is 3.74. The molecule has 1 aliphatic carbocycles. The summed E-state index contributed by atoms with van der Waals surface area (Å²) in [5.74, 6) is 0. The molecule has 0 aliphatic heterocycles. The Labute approximate surface area is 116 Å². The summed E-state index contributed by atoms with van der Waals surface area (Å²) in [7, 11) is 0. The standard InChI is InChI=1S/C16H25NS/c1-4-17-14-6-5-7-15(11-14)18-16-9-8-12(2)10-13(16)3/h8-10,14-15,17H,4-7,11H2,1-3H3. The van der Waals surface area contributed by atoms with Crippen LogP contribution in [0.15, 0.2) is 23.1 Å². The van der Waals surface area contributed by atoms with Gasteiger partial charge in [0.15, 0.2) is 0 Å². The van der Waals surface area contributed by atoms with Gasteiger partial charge in [0.25, 0.3) is 0 Å². The zero-order chi connectivity index (χ0) is 13.0. The van der Waals surface area contributed by atoms with Crippen LogP contribution in [0.4, 0.5) is 0 Å². The van der Waals surface area contributed by atoms with Gasteiger partial charge in [-0.3, -0.25) is 0 Å². The van der Waals surface area contributed by atoms with Gasteiger partial charge in [-0.05, 0) is 51.3 Å². The molecular formula is C16H25NS. The monoisotopic (exact) mass is 263 g/mol. The molecule has 0 bridgehead atoms. The minimum atomic E-state index is 0.743. The lowest BCUT2D eigenvalue weighted by Gasteiger charge is -2.29. The van der Waals surface area contributed by atoms with Crippen molar-refractivity contribution in [2.75, 3.05) is 6.54 Å². The molecule has 1 saturated carbocycles. The molecule has 0 saturated heterocycles. The van der Waals surface area contributed by atoms with Crippen molar-refractivity contribution in [3.8, 4) is 0 Å². The van der Waals surface area contributed by atoms with Crippen molar-refractivity contribution in [2.24, 2.45) is 0 Å². The third kappa shape index (κ3) is 3.76. The molecule has 2 unspecified atom stereocenters. The van der Waals surface area contributed by atoms with E-state index in [2.05, 4.69) is 56.0 Å². The average Bonchev–Trinajstić information content (AvgIpc) is 2.34. The van der Waals surface area contributed by atoms with E-state index in [0.717, 1.165) is 17.8 Å². The van der Waals surface area contributed by atoms with E-state index in [1.54, 1.807) is 0 Å². The van der Waals surface area contributed by atoms with Gasteiger partial charge in [0.2, 0.25) is 0 Å². The summed E-state index contributed by atoms with van der Waals surface area (Å²) in [6.07, 6.45) is 5.43. The molecule has 1 N–H and O–H groups in total. The second-order valence-electron chi connectivity index (χ2n) is 5.43. The van der Waals surface area contributed by atoms with Crippen LogP contribution in [-0.4, -0.2) is 17.8 Å². The van der Waals surface area contributed by atoms with Crippen LogP contribution in [0.1, 0.15) is 43.7 Å². The SMILES string of the molecule is CCNC1CCCC(Sc2ccc(C)cc2C)C1. The van der Waals surface area contributed by atoms with Crippen LogP contribution < -0.4 is 5.32 Å². The van der Waals surface area contributed by atoms with Crippen LogP contribution in [0, 0.1) is 13.8 Å². The Morgan fingerprint density at radius 3 is 2.83 bits per heavy atom. The first-order valence-electron chi connectivity index (χ1n) is 7.16. The molecule has 1 nitrogen and oxygen atoms in total. The fourth-order valence-electron chi connectivity index (χ4n) is 2.84. The fraction of sp³-hybridized carbons (Fsp3) is 0.625. The predicted octanol–water partition coefficient (Wildman–Crippen LogP) is 4.32. The van der Waals surface area contributed by atoms with Crippen LogP contribution >= 0.6 is 11.8 Å². The van der Waals surface area contributed by atoms with Crippen molar-refractivity contribution >= 4 is 11.8 Å². The zero-order valence-electron chi connectivity index (χ0n) is 11.8. The first-order valence-corrected chi connectivity index (χ1v) is 8.04. The maximum Gasteiger partial charge on any atom is 0.0109 e. The number of hydrogen-bond acceptors (Lipinski definition) is 2. The van der Waals surface area contributed by atoms with Crippen molar-refractivity contribution < 1.29 is 0 Å². The highest BCUT2D eigenvalue weighted by atomic mass is 32.2. The minimum absolute atomic E-state index is 0.743. The molecule has 18 heavy (non-hydrogen) atoms. The van der Waals surface area contributed by atoms with Gasteiger partial charge in [-0.25, -0.2) is 0 Å². The molecule has 1 fully saturated rings. The average molecular weight is 263 g/mol. The summed E-state index contributed by atoms with van der Waals surface area (Å²) in [4.78, 5) is 1.47. The molecule has 2 rings (SSSR count). The highest BCUT2D eigenvalue weighted by Crippen LogP contribution is 2.35. The lowest BCUT2D eigenvalue weighted by Crippen LogP contribution is -2.34.